The molecule has 1 aliphatic carbocycles. The van der Waals surface area contributed by atoms with Gasteiger partial charge in [-0.25, -0.2) is 0 Å². The monoisotopic (exact) mass is 576 g/mol. The Labute approximate surface area is 232 Å². The zero-order valence-electron chi connectivity index (χ0n) is 21.2. The van der Waals surface area contributed by atoms with Crippen LogP contribution in [0.4, 0.5) is 18.9 Å². The first kappa shape index (κ1) is 27.4. The van der Waals surface area contributed by atoms with Crippen LogP contribution in [-0.4, -0.2) is 28.6 Å². The number of nitrogens with zero attached hydrogens (tertiary/aromatic N) is 1. The largest absolute Gasteiger partial charge is 0.495 e. The molecule has 1 aliphatic rings. The topological polar surface area (TPSA) is 63.5 Å². The van der Waals surface area contributed by atoms with Crippen molar-refractivity contribution in [3.05, 3.63) is 98.3 Å². The number of pyridine rings is 1. The van der Waals surface area contributed by atoms with Crippen molar-refractivity contribution >= 4 is 39.8 Å². The molecule has 0 bridgehead atoms. The first-order chi connectivity index (χ1) is 18.3. The van der Waals surface area contributed by atoms with Gasteiger partial charge in [0.2, 0.25) is 0 Å². The minimum Gasteiger partial charge on any atom is -0.495 e. The van der Waals surface area contributed by atoms with Crippen LogP contribution in [-0.2, 0) is 5.41 Å². The van der Waals surface area contributed by atoms with Gasteiger partial charge < -0.3 is 15.2 Å². The van der Waals surface area contributed by atoms with E-state index in [0.717, 1.165) is 0 Å². The zero-order valence-corrected chi connectivity index (χ0v) is 22.7. The third-order valence-corrected chi connectivity index (χ3v) is 7.85. The molecule has 0 fully saturated rings. The van der Waals surface area contributed by atoms with E-state index in [1.165, 1.54) is 29.9 Å². The SMILES string of the molecule is COc1c(Cl)ccc2c1C(C)(C)CC(O)(C(F)(F)F)C2Nc1cccc2c1ccc(=O)n2-c1cccc(Cl)c1. The number of rotatable bonds is 4. The Bertz CT molecular complexity index is 1650. The normalized spacial score (nSPS) is 20.5. The lowest BCUT2D eigenvalue weighted by Crippen LogP contribution is -2.58. The Morgan fingerprint density at radius 3 is 2.44 bits per heavy atom. The molecule has 0 saturated carbocycles. The Balaban J connectivity index is 1.75. The standard InChI is InChI=1S/C29H25Cl2F3N2O3/c1-27(2)15-28(38,29(32,33)34)26(19-10-12-20(31)25(39-3)24(19)27)35-21-8-5-9-22-18(21)11-13-23(37)36(22)17-7-4-6-16(30)14-17/h4-14,26,35,38H,15H2,1-3H3. The maximum absolute atomic E-state index is 14.7. The summed E-state index contributed by atoms with van der Waals surface area (Å²) in [5, 5.41) is 15.5. The number of hydrogen-bond acceptors (Lipinski definition) is 4. The maximum Gasteiger partial charge on any atom is 0.419 e. The number of halogens is 5. The van der Waals surface area contributed by atoms with E-state index in [1.54, 1.807) is 62.4 Å². The summed E-state index contributed by atoms with van der Waals surface area (Å²) in [6.07, 6.45) is -5.61. The summed E-state index contributed by atoms with van der Waals surface area (Å²) in [4.78, 5) is 12.9. The Hall–Kier alpha value is -3.20. The lowest BCUT2D eigenvalue weighted by molar-refractivity contribution is -0.275. The predicted molar refractivity (Wildman–Crippen MR) is 148 cm³/mol. The molecule has 3 aromatic carbocycles. The van der Waals surface area contributed by atoms with E-state index in [9.17, 15) is 23.1 Å². The summed E-state index contributed by atoms with van der Waals surface area (Å²) >= 11 is 12.5. The molecule has 5 nitrogen and oxygen atoms in total. The molecule has 39 heavy (non-hydrogen) atoms. The minimum absolute atomic E-state index is 0.215. The van der Waals surface area contributed by atoms with Crippen LogP contribution in [0.5, 0.6) is 5.75 Å². The Kier molecular flexibility index (Phi) is 6.64. The molecule has 4 aromatic rings. The number of hydrogen-bond donors (Lipinski definition) is 2. The van der Waals surface area contributed by atoms with Crippen LogP contribution in [0.15, 0.2) is 71.5 Å². The van der Waals surface area contributed by atoms with Gasteiger partial charge in [0.05, 0.1) is 29.4 Å². The molecular formula is C29H25Cl2F3N2O3. The van der Waals surface area contributed by atoms with Crippen molar-refractivity contribution in [3.63, 3.8) is 0 Å². The van der Waals surface area contributed by atoms with E-state index >= 15 is 0 Å². The number of fused-ring (bicyclic) bond motifs is 2. The highest BCUT2D eigenvalue weighted by molar-refractivity contribution is 6.32. The molecule has 1 heterocycles. The minimum atomic E-state index is -4.97. The summed E-state index contributed by atoms with van der Waals surface area (Å²) in [6.45, 7) is 3.25. The average Bonchev–Trinajstić information content (AvgIpc) is 2.85. The van der Waals surface area contributed by atoms with Crippen LogP contribution in [0.25, 0.3) is 16.6 Å². The fraction of sp³-hybridized carbons (Fsp3) is 0.276. The first-order valence-corrected chi connectivity index (χ1v) is 12.9. The third kappa shape index (κ3) is 4.44. The highest BCUT2D eigenvalue weighted by Gasteiger charge is 2.64. The van der Waals surface area contributed by atoms with Gasteiger partial charge in [0, 0.05) is 27.7 Å². The summed E-state index contributed by atoms with van der Waals surface area (Å²) in [5.74, 6) is 0.267. The summed E-state index contributed by atoms with van der Waals surface area (Å²) in [5.41, 5.74) is -2.63. The second kappa shape index (κ2) is 9.47. The van der Waals surface area contributed by atoms with E-state index in [0.29, 0.717) is 32.9 Å². The van der Waals surface area contributed by atoms with Gasteiger partial charge in [-0.3, -0.25) is 9.36 Å². The quantitative estimate of drug-likeness (QED) is 0.265. The number of nitrogens with one attached hydrogen (secondary N) is 1. The molecule has 10 heteroatoms. The van der Waals surface area contributed by atoms with Crippen LogP contribution in [0.2, 0.25) is 10.0 Å². The van der Waals surface area contributed by atoms with Gasteiger partial charge in [-0.1, -0.05) is 55.2 Å². The third-order valence-electron chi connectivity index (χ3n) is 7.32. The van der Waals surface area contributed by atoms with Gasteiger partial charge in [-0.2, -0.15) is 13.2 Å². The molecule has 0 saturated heterocycles. The van der Waals surface area contributed by atoms with Crippen molar-refractivity contribution in [1.82, 2.24) is 4.57 Å². The number of alkyl halides is 3. The van der Waals surface area contributed by atoms with Crippen molar-refractivity contribution in [2.75, 3.05) is 12.4 Å². The lowest BCUT2D eigenvalue weighted by Gasteiger charge is -2.49. The predicted octanol–water partition coefficient (Wildman–Crippen LogP) is 7.43. The highest BCUT2D eigenvalue weighted by Crippen LogP contribution is 2.57. The maximum atomic E-state index is 14.7. The highest BCUT2D eigenvalue weighted by atomic mass is 35.5. The molecule has 0 aliphatic heterocycles. The number of benzene rings is 3. The van der Waals surface area contributed by atoms with Gasteiger partial charge in [0.15, 0.2) is 5.60 Å². The van der Waals surface area contributed by atoms with Crippen LogP contribution in [0.3, 0.4) is 0 Å². The van der Waals surface area contributed by atoms with Crippen molar-refractivity contribution in [2.24, 2.45) is 0 Å². The number of aliphatic hydroxyl groups is 1. The molecule has 2 unspecified atom stereocenters. The van der Waals surface area contributed by atoms with E-state index < -0.39 is 29.7 Å². The smallest absolute Gasteiger partial charge is 0.419 e. The van der Waals surface area contributed by atoms with E-state index in [2.05, 4.69) is 5.32 Å². The molecular weight excluding hydrogens is 552 g/mol. The van der Waals surface area contributed by atoms with E-state index in [4.69, 9.17) is 27.9 Å². The van der Waals surface area contributed by atoms with Gasteiger partial charge in [-0.15, -0.1) is 0 Å². The van der Waals surface area contributed by atoms with Gasteiger partial charge in [0.1, 0.15) is 5.75 Å². The van der Waals surface area contributed by atoms with Crippen LogP contribution < -0.4 is 15.6 Å². The van der Waals surface area contributed by atoms with Gasteiger partial charge in [0.25, 0.3) is 5.56 Å². The number of aromatic nitrogens is 1. The lowest BCUT2D eigenvalue weighted by atomic mass is 9.63. The molecule has 0 radical (unpaired) electrons. The second-order valence-electron chi connectivity index (χ2n) is 10.3. The molecule has 0 spiro atoms. The summed E-state index contributed by atoms with van der Waals surface area (Å²) < 4.78 is 50.9. The molecule has 204 valence electrons. The number of methoxy groups -OCH3 is 1. The summed E-state index contributed by atoms with van der Waals surface area (Å²) in [6, 6.07) is 15.9. The molecule has 0 amide bonds. The van der Waals surface area contributed by atoms with Gasteiger partial charge >= 0.3 is 6.18 Å². The molecule has 2 N–H and O–H groups in total. The van der Waals surface area contributed by atoms with Crippen molar-refractivity contribution in [1.29, 1.82) is 0 Å². The zero-order chi connectivity index (χ0) is 28.3. The van der Waals surface area contributed by atoms with E-state index in [-0.39, 0.29) is 21.9 Å². The van der Waals surface area contributed by atoms with Crippen molar-refractivity contribution in [3.8, 4) is 11.4 Å². The average molecular weight is 577 g/mol. The summed E-state index contributed by atoms with van der Waals surface area (Å²) in [7, 11) is 1.41. The second-order valence-corrected chi connectivity index (χ2v) is 11.2. The number of anilines is 1. The van der Waals surface area contributed by atoms with Gasteiger partial charge in [-0.05, 0) is 59.9 Å². The Morgan fingerprint density at radius 2 is 1.77 bits per heavy atom. The van der Waals surface area contributed by atoms with Crippen LogP contribution in [0.1, 0.15) is 37.4 Å². The Morgan fingerprint density at radius 1 is 1.05 bits per heavy atom. The van der Waals surface area contributed by atoms with Crippen LogP contribution in [0, 0.1) is 0 Å². The molecule has 2 atom stereocenters. The van der Waals surface area contributed by atoms with Crippen molar-refractivity contribution in [2.45, 2.75) is 43.5 Å². The fourth-order valence-corrected chi connectivity index (χ4v) is 6.15. The molecule has 5 rings (SSSR count). The number of ether oxygens (including phenoxy) is 1. The van der Waals surface area contributed by atoms with E-state index in [1.807, 2.05) is 0 Å². The first-order valence-electron chi connectivity index (χ1n) is 12.1. The fourth-order valence-electron chi connectivity index (χ4n) is 5.73. The van der Waals surface area contributed by atoms with Crippen molar-refractivity contribution < 1.29 is 23.0 Å². The molecule has 1 aromatic heterocycles. The van der Waals surface area contributed by atoms with Crippen LogP contribution >= 0.6 is 23.2 Å².